The van der Waals surface area contributed by atoms with Crippen molar-refractivity contribution in [3.8, 4) is 0 Å². The smallest absolute Gasteiger partial charge is 0.228 e. The van der Waals surface area contributed by atoms with Crippen LogP contribution in [0.3, 0.4) is 0 Å². The summed E-state index contributed by atoms with van der Waals surface area (Å²) >= 11 is 1.56. The molecule has 1 N–H and O–H groups in total. The number of nitrogens with zero attached hydrogens (tertiary/aromatic N) is 3. The Bertz CT molecular complexity index is 654. The van der Waals surface area contributed by atoms with Crippen molar-refractivity contribution in [2.45, 2.75) is 25.4 Å². The minimum absolute atomic E-state index is 0.0250. The van der Waals surface area contributed by atoms with Crippen LogP contribution < -0.4 is 5.32 Å². The SMILES string of the molecule is O=C(C1C2CNCC21)N1CC2CCC(C1)N(Cc1cscn1)C2=O. The summed E-state index contributed by atoms with van der Waals surface area (Å²) in [5, 5.41) is 5.36. The van der Waals surface area contributed by atoms with E-state index in [2.05, 4.69) is 10.3 Å². The molecule has 1 aromatic heterocycles. The van der Waals surface area contributed by atoms with E-state index in [-0.39, 0.29) is 23.8 Å². The zero-order chi connectivity index (χ0) is 16.3. The third kappa shape index (κ3) is 2.29. The Morgan fingerprint density at radius 2 is 2.12 bits per heavy atom. The zero-order valence-electron chi connectivity index (χ0n) is 13.6. The van der Waals surface area contributed by atoms with Crippen LogP contribution in [0.25, 0.3) is 0 Å². The number of nitrogens with one attached hydrogen (secondary N) is 1. The Hall–Kier alpha value is -1.47. The highest BCUT2D eigenvalue weighted by molar-refractivity contribution is 7.07. The van der Waals surface area contributed by atoms with Gasteiger partial charge in [-0.05, 0) is 37.8 Å². The predicted molar refractivity (Wildman–Crippen MR) is 89.1 cm³/mol. The molecule has 4 saturated heterocycles. The van der Waals surface area contributed by atoms with E-state index in [1.54, 1.807) is 11.3 Å². The minimum Gasteiger partial charge on any atom is -0.340 e. The van der Waals surface area contributed by atoms with Gasteiger partial charge in [0.25, 0.3) is 0 Å². The van der Waals surface area contributed by atoms with E-state index in [1.807, 2.05) is 20.7 Å². The van der Waals surface area contributed by atoms with Crippen molar-refractivity contribution in [3.05, 3.63) is 16.6 Å². The Kier molecular flexibility index (Phi) is 3.42. The molecule has 6 nitrogen and oxygen atoms in total. The topological polar surface area (TPSA) is 65.5 Å². The molecule has 128 valence electrons. The monoisotopic (exact) mass is 346 g/mol. The van der Waals surface area contributed by atoms with Crippen LogP contribution in [0.15, 0.2) is 10.9 Å². The number of hydrogen-bond donors (Lipinski definition) is 1. The lowest BCUT2D eigenvalue weighted by molar-refractivity contribution is -0.140. The maximum atomic E-state index is 12.9. The van der Waals surface area contributed by atoms with Gasteiger partial charge >= 0.3 is 0 Å². The lowest BCUT2D eigenvalue weighted by Gasteiger charge is -2.35. The molecule has 1 aliphatic carbocycles. The number of carbonyl (C=O) groups is 2. The number of hydrogen-bond acceptors (Lipinski definition) is 5. The molecule has 0 radical (unpaired) electrons. The van der Waals surface area contributed by atoms with Crippen LogP contribution in [-0.2, 0) is 16.1 Å². The molecule has 1 saturated carbocycles. The molecule has 4 aliphatic heterocycles. The molecule has 5 fully saturated rings. The molecule has 1 aromatic rings. The van der Waals surface area contributed by atoms with Gasteiger partial charge in [0.15, 0.2) is 0 Å². The van der Waals surface area contributed by atoms with Crippen LogP contribution in [0.1, 0.15) is 18.5 Å². The summed E-state index contributed by atoms with van der Waals surface area (Å²) in [5.74, 6) is 1.79. The second kappa shape index (κ2) is 5.52. The second-order valence-corrected chi connectivity index (χ2v) is 8.35. The number of carbonyl (C=O) groups excluding carboxylic acids is 2. The van der Waals surface area contributed by atoms with E-state index in [1.165, 1.54) is 0 Å². The summed E-state index contributed by atoms with van der Waals surface area (Å²) in [5.41, 5.74) is 2.77. The Balaban J connectivity index is 1.33. The number of aromatic nitrogens is 1. The zero-order valence-corrected chi connectivity index (χ0v) is 14.4. The highest BCUT2D eigenvalue weighted by Crippen LogP contribution is 2.50. The Labute approximate surface area is 145 Å². The van der Waals surface area contributed by atoms with E-state index in [9.17, 15) is 9.59 Å². The number of amides is 2. The highest BCUT2D eigenvalue weighted by atomic mass is 32.1. The van der Waals surface area contributed by atoms with Crippen LogP contribution in [0.5, 0.6) is 0 Å². The van der Waals surface area contributed by atoms with Crippen LogP contribution >= 0.6 is 11.3 Å². The van der Waals surface area contributed by atoms with Crippen molar-refractivity contribution in [2.24, 2.45) is 23.7 Å². The summed E-state index contributed by atoms with van der Waals surface area (Å²) in [6.45, 7) is 3.87. The molecule has 4 unspecified atom stereocenters. The van der Waals surface area contributed by atoms with Crippen molar-refractivity contribution in [3.63, 3.8) is 0 Å². The molecule has 0 aromatic carbocycles. The van der Waals surface area contributed by atoms with Crippen molar-refractivity contribution < 1.29 is 9.59 Å². The van der Waals surface area contributed by atoms with Crippen molar-refractivity contribution in [2.75, 3.05) is 26.2 Å². The molecule has 4 atom stereocenters. The molecule has 7 heteroatoms. The minimum atomic E-state index is -0.0250. The fourth-order valence-electron chi connectivity index (χ4n) is 4.91. The normalized spacial score (nSPS) is 37.5. The van der Waals surface area contributed by atoms with Crippen LogP contribution in [0.2, 0.25) is 0 Å². The molecule has 2 bridgehead atoms. The summed E-state index contributed by atoms with van der Waals surface area (Å²) in [7, 11) is 0. The molecule has 24 heavy (non-hydrogen) atoms. The first-order valence-electron chi connectivity index (χ1n) is 8.89. The molecule has 2 amide bonds. The van der Waals surface area contributed by atoms with E-state index in [0.29, 0.717) is 37.4 Å². The number of rotatable bonds is 3. The van der Waals surface area contributed by atoms with Gasteiger partial charge < -0.3 is 15.1 Å². The lowest BCUT2D eigenvalue weighted by atomic mass is 9.94. The van der Waals surface area contributed by atoms with Crippen molar-refractivity contribution in [1.29, 1.82) is 0 Å². The summed E-state index contributed by atoms with van der Waals surface area (Å²) in [4.78, 5) is 34.1. The maximum Gasteiger partial charge on any atom is 0.228 e. The third-order valence-electron chi connectivity index (χ3n) is 6.30. The van der Waals surface area contributed by atoms with Crippen molar-refractivity contribution in [1.82, 2.24) is 20.1 Å². The van der Waals surface area contributed by atoms with Gasteiger partial charge in [0.2, 0.25) is 11.8 Å². The van der Waals surface area contributed by atoms with Crippen molar-refractivity contribution >= 4 is 23.2 Å². The molecular formula is C17H22N4O2S. The number of thiazole rings is 1. The third-order valence-corrected chi connectivity index (χ3v) is 6.93. The fraction of sp³-hybridized carbons (Fsp3) is 0.706. The molecule has 5 aliphatic rings. The highest BCUT2D eigenvalue weighted by Gasteiger charge is 2.58. The van der Waals surface area contributed by atoms with Gasteiger partial charge in [-0.2, -0.15) is 0 Å². The predicted octanol–water partition coefficient (Wildman–Crippen LogP) is 0.558. The number of piperidine rings is 2. The summed E-state index contributed by atoms with van der Waals surface area (Å²) in [6.07, 6.45) is 1.92. The molecule has 6 rings (SSSR count). The quantitative estimate of drug-likeness (QED) is 0.868. The Morgan fingerprint density at radius 1 is 1.29 bits per heavy atom. The van der Waals surface area contributed by atoms with Gasteiger partial charge in [-0.25, -0.2) is 4.98 Å². The first-order valence-corrected chi connectivity index (χ1v) is 9.83. The average Bonchev–Trinajstić information content (AvgIpc) is 2.90. The van der Waals surface area contributed by atoms with Crippen LogP contribution in [0, 0.1) is 23.7 Å². The molecule has 0 spiro atoms. The van der Waals surface area contributed by atoms with Gasteiger partial charge in [-0.1, -0.05) is 0 Å². The van der Waals surface area contributed by atoms with Gasteiger partial charge in [-0.3, -0.25) is 9.59 Å². The van der Waals surface area contributed by atoms with E-state index >= 15 is 0 Å². The standard InChI is InChI=1S/C17H22N4O2S/c22-16-10-1-2-12(21(16)6-11-8-24-9-19-11)7-20(5-10)17(23)15-13-3-18-4-14(13)15/h8-10,12-15,18H,1-7H2. The first-order chi connectivity index (χ1) is 11.7. The fourth-order valence-corrected chi connectivity index (χ4v) is 5.46. The number of fused-ring (bicyclic) bond motifs is 5. The summed E-state index contributed by atoms with van der Waals surface area (Å²) in [6, 6.07) is 0.151. The largest absolute Gasteiger partial charge is 0.340 e. The summed E-state index contributed by atoms with van der Waals surface area (Å²) < 4.78 is 0. The van der Waals surface area contributed by atoms with Gasteiger partial charge in [0.1, 0.15) is 0 Å². The van der Waals surface area contributed by atoms with Crippen LogP contribution in [0.4, 0.5) is 0 Å². The molecular weight excluding hydrogens is 324 g/mol. The average molecular weight is 346 g/mol. The van der Waals surface area contributed by atoms with Gasteiger partial charge in [0, 0.05) is 30.4 Å². The Morgan fingerprint density at radius 3 is 2.88 bits per heavy atom. The molecule has 5 heterocycles. The second-order valence-electron chi connectivity index (χ2n) is 7.63. The maximum absolute atomic E-state index is 12.9. The van der Waals surface area contributed by atoms with E-state index < -0.39 is 0 Å². The van der Waals surface area contributed by atoms with E-state index in [4.69, 9.17) is 0 Å². The lowest BCUT2D eigenvalue weighted by Crippen LogP contribution is -2.47. The van der Waals surface area contributed by atoms with Gasteiger partial charge in [0.05, 0.1) is 23.7 Å². The van der Waals surface area contributed by atoms with E-state index in [0.717, 1.165) is 31.6 Å². The van der Waals surface area contributed by atoms with Gasteiger partial charge in [-0.15, -0.1) is 11.3 Å². The van der Waals surface area contributed by atoms with Crippen LogP contribution in [-0.4, -0.2) is 58.8 Å². The first kappa shape index (κ1) is 14.8.